The fraction of sp³-hybridized carbons (Fsp3) is 0.0714. The molecule has 2 heterocycles. The fourth-order valence-corrected chi connectivity index (χ4v) is 2.71. The molecule has 1 aromatic carbocycles. The summed E-state index contributed by atoms with van der Waals surface area (Å²) in [6.07, 6.45) is 1.51. The molecule has 7 heteroatoms. The van der Waals surface area contributed by atoms with E-state index in [1.807, 2.05) is 0 Å². The number of thiazole rings is 1. The molecule has 3 rings (SSSR count). The third-order valence-corrected chi connectivity index (χ3v) is 3.82. The third kappa shape index (κ3) is 2.31. The molecule has 0 unspecified atom stereocenters. The number of ketones is 1. The number of fused-ring (bicyclic) bond motifs is 1. The number of nitrogens with zero attached hydrogens (tertiary/aromatic N) is 1. The molecule has 0 atom stereocenters. The van der Waals surface area contributed by atoms with Crippen LogP contribution in [0.5, 0.6) is 0 Å². The number of esters is 1. The number of aromatic amines is 1. The zero-order valence-corrected chi connectivity index (χ0v) is 11.7. The molecule has 0 saturated carbocycles. The largest absolute Gasteiger partial charge is 0.464 e. The Morgan fingerprint density at radius 1 is 1.38 bits per heavy atom. The van der Waals surface area contributed by atoms with E-state index in [1.165, 1.54) is 30.8 Å². The number of carbonyl (C=O) groups is 2. The molecule has 3 aromatic rings. The van der Waals surface area contributed by atoms with E-state index in [-0.39, 0.29) is 16.5 Å². The highest BCUT2D eigenvalue weighted by atomic mass is 32.1. The van der Waals surface area contributed by atoms with Crippen LogP contribution in [0.3, 0.4) is 0 Å². The van der Waals surface area contributed by atoms with Gasteiger partial charge in [0.1, 0.15) is 5.82 Å². The Labute approximate surface area is 122 Å². The normalized spacial score (nSPS) is 10.8. The molecule has 0 spiro atoms. The van der Waals surface area contributed by atoms with Crippen molar-refractivity contribution in [3.63, 3.8) is 0 Å². The molecule has 0 saturated heterocycles. The molecule has 1 N–H and O–H groups in total. The molecular formula is C14H9FN2O3S. The molecule has 0 amide bonds. The molecule has 0 aliphatic heterocycles. The summed E-state index contributed by atoms with van der Waals surface area (Å²) in [6.45, 7) is 0. The van der Waals surface area contributed by atoms with Crippen LogP contribution in [0.15, 0.2) is 29.8 Å². The summed E-state index contributed by atoms with van der Waals surface area (Å²) in [5.41, 5.74) is 1.05. The molecule has 0 radical (unpaired) electrons. The molecule has 0 bridgehead atoms. The first-order valence-corrected chi connectivity index (χ1v) is 6.83. The standard InChI is InChI=1S/C14H9FN2O3S/c1-20-14(19)11-6-21-13(17-11)12(18)9-5-16-10-3-2-7(15)4-8(9)10/h2-6,16H,1H3. The quantitative estimate of drug-likeness (QED) is 0.596. The van der Waals surface area contributed by atoms with Gasteiger partial charge in [0, 0.05) is 22.5 Å². The van der Waals surface area contributed by atoms with Crippen LogP contribution in [0, 0.1) is 5.82 Å². The Kier molecular flexibility index (Phi) is 3.26. The van der Waals surface area contributed by atoms with Gasteiger partial charge in [-0.05, 0) is 18.2 Å². The first kappa shape index (κ1) is 13.4. The second-order valence-electron chi connectivity index (χ2n) is 4.25. The average Bonchev–Trinajstić information content (AvgIpc) is 3.12. The summed E-state index contributed by atoms with van der Waals surface area (Å²) in [6, 6.07) is 4.16. The number of carbonyl (C=O) groups excluding carboxylic acids is 2. The van der Waals surface area contributed by atoms with Crippen LogP contribution in [0.4, 0.5) is 4.39 Å². The van der Waals surface area contributed by atoms with Crippen molar-refractivity contribution in [3.05, 3.63) is 51.9 Å². The van der Waals surface area contributed by atoms with Crippen LogP contribution in [0.2, 0.25) is 0 Å². The van der Waals surface area contributed by atoms with Crippen molar-refractivity contribution in [2.24, 2.45) is 0 Å². The lowest BCUT2D eigenvalue weighted by Crippen LogP contribution is -2.04. The van der Waals surface area contributed by atoms with Crippen LogP contribution in [0.25, 0.3) is 10.9 Å². The lowest BCUT2D eigenvalue weighted by molar-refractivity contribution is 0.0595. The van der Waals surface area contributed by atoms with Crippen molar-refractivity contribution < 1.29 is 18.7 Å². The summed E-state index contributed by atoms with van der Waals surface area (Å²) in [7, 11) is 1.24. The van der Waals surface area contributed by atoms with Gasteiger partial charge in [-0.25, -0.2) is 14.2 Å². The second kappa shape index (κ2) is 5.10. The minimum atomic E-state index is -0.602. The van der Waals surface area contributed by atoms with E-state index >= 15 is 0 Å². The number of nitrogens with one attached hydrogen (secondary N) is 1. The van der Waals surface area contributed by atoms with Crippen molar-refractivity contribution in [3.8, 4) is 0 Å². The molecule has 106 valence electrons. The average molecular weight is 304 g/mol. The molecule has 0 aliphatic carbocycles. The first-order valence-electron chi connectivity index (χ1n) is 5.95. The van der Waals surface area contributed by atoms with Gasteiger partial charge in [-0.2, -0.15) is 0 Å². The summed E-state index contributed by atoms with van der Waals surface area (Å²) in [4.78, 5) is 30.6. The van der Waals surface area contributed by atoms with E-state index in [1.54, 1.807) is 6.07 Å². The first-order chi connectivity index (χ1) is 10.1. The van der Waals surface area contributed by atoms with Crippen molar-refractivity contribution in [1.82, 2.24) is 9.97 Å². The number of rotatable bonds is 3. The topological polar surface area (TPSA) is 72.1 Å². The Morgan fingerprint density at radius 3 is 2.95 bits per heavy atom. The summed E-state index contributed by atoms with van der Waals surface area (Å²) in [5, 5.41) is 2.09. The number of aromatic nitrogens is 2. The minimum absolute atomic E-state index is 0.0804. The maximum Gasteiger partial charge on any atom is 0.357 e. The number of hydrogen-bond donors (Lipinski definition) is 1. The van der Waals surface area contributed by atoms with E-state index < -0.39 is 11.8 Å². The number of benzene rings is 1. The maximum absolute atomic E-state index is 13.3. The third-order valence-electron chi connectivity index (χ3n) is 2.98. The van der Waals surface area contributed by atoms with Crippen LogP contribution >= 0.6 is 11.3 Å². The van der Waals surface area contributed by atoms with Crippen molar-refractivity contribution >= 4 is 34.0 Å². The van der Waals surface area contributed by atoms with Gasteiger partial charge in [-0.15, -0.1) is 11.3 Å². The second-order valence-corrected chi connectivity index (χ2v) is 5.11. The van der Waals surface area contributed by atoms with Gasteiger partial charge in [-0.1, -0.05) is 0 Å². The highest BCUT2D eigenvalue weighted by molar-refractivity contribution is 7.12. The van der Waals surface area contributed by atoms with E-state index in [0.29, 0.717) is 16.5 Å². The maximum atomic E-state index is 13.3. The van der Waals surface area contributed by atoms with Gasteiger partial charge in [0.25, 0.3) is 0 Å². The smallest absolute Gasteiger partial charge is 0.357 e. The Morgan fingerprint density at radius 2 is 2.19 bits per heavy atom. The number of methoxy groups -OCH3 is 1. The van der Waals surface area contributed by atoms with Gasteiger partial charge < -0.3 is 9.72 Å². The summed E-state index contributed by atoms with van der Waals surface area (Å²) < 4.78 is 17.9. The van der Waals surface area contributed by atoms with Gasteiger partial charge in [0.05, 0.1) is 12.7 Å². The summed E-state index contributed by atoms with van der Waals surface area (Å²) in [5.74, 6) is -1.40. The lowest BCUT2D eigenvalue weighted by Gasteiger charge is -1.96. The number of hydrogen-bond acceptors (Lipinski definition) is 5. The monoisotopic (exact) mass is 304 g/mol. The lowest BCUT2D eigenvalue weighted by atomic mass is 10.1. The van der Waals surface area contributed by atoms with Gasteiger partial charge in [0.2, 0.25) is 5.78 Å². The van der Waals surface area contributed by atoms with E-state index in [0.717, 1.165) is 11.3 Å². The number of halogens is 1. The van der Waals surface area contributed by atoms with Crippen molar-refractivity contribution in [2.45, 2.75) is 0 Å². The van der Waals surface area contributed by atoms with Gasteiger partial charge in [0.15, 0.2) is 10.7 Å². The molecule has 0 fully saturated rings. The SMILES string of the molecule is COC(=O)c1csc(C(=O)c2c[nH]c3ccc(F)cc23)n1. The molecule has 21 heavy (non-hydrogen) atoms. The van der Waals surface area contributed by atoms with Gasteiger partial charge >= 0.3 is 5.97 Å². The van der Waals surface area contributed by atoms with Crippen molar-refractivity contribution in [2.75, 3.05) is 7.11 Å². The highest BCUT2D eigenvalue weighted by Crippen LogP contribution is 2.23. The predicted molar refractivity (Wildman–Crippen MR) is 75.1 cm³/mol. The molecule has 5 nitrogen and oxygen atoms in total. The summed E-state index contributed by atoms with van der Waals surface area (Å²) >= 11 is 1.04. The van der Waals surface area contributed by atoms with E-state index in [2.05, 4.69) is 14.7 Å². The van der Waals surface area contributed by atoms with Crippen LogP contribution in [-0.2, 0) is 4.74 Å². The zero-order valence-electron chi connectivity index (χ0n) is 10.8. The highest BCUT2D eigenvalue weighted by Gasteiger charge is 2.20. The van der Waals surface area contributed by atoms with Crippen LogP contribution in [-0.4, -0.2) is 28.8 Å². The van der Waals surface area contributed by atoms with Crippen LogP contribution in [0.1, 0.15) is 25.9 Å². The Hall–Kier alpha value is -2.54. The van der Waals surface area contributed by atoms with Gasteiger partial charge in [-0.3, -0.25) is 4.79 Å². The number of H-pyrrole nitrogens is 1. The number of ether oxygens (including phenoxy) is 1. The minimum Gasteiger partial charge on any atom is -0.464 e. The van der Waals surface area contributed by atoms with Crippen molar-refractivity contribution in [1.29, 1.82) is 0 Å². The molecular weight excluding hydrogens is 295 g/mol. The predicted octanol–water partition coefficient (Wildman–Crippen LogP) is 2.78. The fourth-order valence-electron chi connectivity index (χ4n) is 1.97. The Bertz CT molecular complexity index is 853. The molecule has 2 aromatic heterocycles. The van der Waals surface area contributed by atoms with Crippen LogP contribution < -0.4 is 0 Å². The molecule has 0 aliphatic rings. The zero-order chi connectivity index (χ0) is 15.0. The Balaban J connectivity index is 2.02. The van der Waals surface area contributed by atoms with E-state index in [4.69, 9.17) is 0 Å². The van der Waals surface area contributed by atoms with E-state index in [9.17, 15) is 14.0 Å².